The van der Waals surface area contributed by atoms with Gasteiger partial charge in [-0.05, 0) is 19.2 Å². The first kappa shape index (κ1) is 13.4. The molecule has 0 saturated heterocycles. The fraction of sp³-hybridized carbons (Fsp3) is 0.500. The largest absolute Gasteiger partial charge is 0.496 e. The van der Waals surface area contributed by atoms with Gasteiger partial charge in [-0.15, -0.1) is 0 Å². The molecule has 0 aliphatic carbocycles. The highest BCUT2D eigenvalue weighted by Gasteiger charge is 2.13. The Morgan fingerprint density at radius 2 is 2.00 bits per heavy atom. The van der Waals surface area contributed by atoms with Crippen molar-refractivity contribution in [3.63, 3.8) is 0 Å². The van der Waals surface area contributed by atoms with Gasteiger partial charge >= 0.3 is 0 Å². The van der Waals surface area contributed by atoms with E-state index in [1.54, 1.807) is 19.2 Å². The van der Waals surface area contributed by atoms with Crippen LogP contribution in [0.5, 0.6) is 5.75 Å². The van der Waals surface area contributed by atoms with Crippen LogP contribution in [0.4, 0.5) is 5.69 Å². The molecule has 1 aromatic rings. The van der Waals surface area contributed by atoms with Crippen molar-refractivity contribution < 1.29 is 9.66 Å². The lowest BCUT2D eigenvalue weighted by atomic mass is 10.1. The molecular formula is C12H18N2O3. The van der Waals surface area contributed by atoms with Gasteiger partial charge in [-0.25, -0.2) is 0 Å². The third-order valence-corrected chi connectivity index (χ3v) is 2.76. The van der Waals surface area contributed by atoms with Crippen molar-refractivity contribution in [2.75, 3.05) is 20.2 Å². The third kappa shape index (κ3) is 3.42. The van der Waals surface area contributed by atoms with Crippen molar-refractivity contribution in [3.05, 3.63) is 33.9 Å². The Hall–Kier alpha value is -1.62. The lowest BCUT2D eigenvalue weighted by Crippen LogP contribution is -2.22. The number of hydrogen-bond donors (Lipinski definition) is 0. The summed E-state index contributed by atoms with van der Waals surface area (Å²) in [7, 11) is 1.58. The van der Waals surface area contributed by atoms with Gasteiger partial charge in [0, 0.05) is 24.2 Å². The SMILES string of the molecule is CCN(CC)Cc1cc([N+](=O)[O-])ccc1OC. The van der Waals surface area contributed by atoms with E-state index in [9.17, 15) is 10.1 Å². The second-order valence-electron chi connectivity index (χ2n) is 3.71. The summed E-state index contributed by atoms with van der Waals surface area (Å²) in [6, 6.07) is 4.69. The zero-order chi connectivity index (χ0) is 12.8. The van der Waals surface area contributed by atoms with E-state index in [1.807, 2.05) is 0 Å². The number of hydrogen-bond acceptors (Lipinski definition) is 4. The van der Waals surface area contributed by atoms with Crippen molar-refractivity contribution in [3.8, 4) is 5.75 Å². The summed E-state index contributed by atoms with van der Waals surface area (Å²) < 4.78 is 5.22. The van der Waals surface area contributed by atoms with Crippen LogP contribution >= 0.6 is 0 Å². The number of ether oxygens (including phenoxy) is 1. The summed E-state index contributed by atoms with van der Waals surface area (Å²) >= 11 is 0. The highest BCUT2D eigenvalue weighted by atomic mass is 16.6. The number of benzene rings is 1. The van der Waals surface area contributed by atoms with Crippen molar-refractivity contribution in [1.82, 2.24) is 4.90 Å². The molecule has 94 valence electrons. The van der Waals surface area contributed by atoms with Crippen LogP contribution in [0, 0.1) is 10.1 Å². The van der Waals surface area contributed by atoms with Gasteiger partial charge in [-0.1, -0.05) is 13.8 Å². The van der Waals surface area contributed by atoms with E-state index >= 15 is 0 Å². The van der Waals surface area contributed by atoms with E-state index in [2.05, 4.69) is 18.7 Å². The molecule has 0 radical (unpaired) electrons. The first-order chi connectivity index (χ1) is 8.12. The fourth-order valence-corrected chi connectivity index (χ4v) is 1.69. The molecule has 0 aliphatic rings. The molecule has 0 amide bonds. The number of nitro groups is 1. The first-order valence-corrected chi connectivity index (χ1v) is 5.66. The van der Waals surface area contributed by atoms with Crippen LogP contribution in [-0.4, -0.2) is 30.0 Å². The molecule has 5 nitrogen and oxygen atoms in total. The predicted octanol–water partition coefficient (Wildman–Crippen LogP) is 2.45. The maximum absolute atomic E-state index is 10.7. The number of nitro benzene ring substituents is 1. The van der Waals surface area contributed by atoms with Crippen molar-refractivity contribution >= 4 is 5.69 Å². The highest BCUT2D eigenvalue weighted by Crippen LogP contribution is 2.25. The van der Waals surface area contributed by atoms with Crippen molar-refractivity contribution in [1.29, 1.82) is 0 Å². The summed E-state index contributed by atoms with van der Waals surface area (Å²) in [6.45, 7) is 6.60. The van der Waals surface area contributed by atoms with Gasteiger partial charge in [-0.3, -0.25) is 15.0 Å². The van der Waals surface area contributed by atoms with Crippen LogP contribution in [0.25, 0.3) is 0 Å². The van der Waals surface area contributed by atoms with Crippen LogP contribution in [0.3, 0.4) is 0 Å². The van der Waals surface area contributed by atoms with Crippen molar-refractivity contribution in [2.45, 2.75) is 20.4 Å². The molecule has 0 unspecified atom stereocenters. The monoisotopic (exact) mass is 238 g/mol. The summed E-state index contributed by atoms with van der Waals surface area (Å²) in [4.78, 5) is 12.5. The maximum Gasteiger partial charge on any atom is 0.270 e. The van der Waals surface area contributed by atoms with Crippen LogP contribution in [0.2, 0.25) is 0 Å². The molecule has 0 atom stereocenters. The van der Waals surface area contributed by atoms with Gasteiger partial charge in [0.1, 0.15) is 5.75 Å². The lowest BCUT2D eigenvalue weighted by molar-refractivity contribution is -0.384. The maximum atomic E-state index is 10.7. The Morgan fingerprint density at radius 3 is 2.47 bits per heavy atom. The lowest BCUT2D eigenvalue weighted by Gasteiger charge is -2.19. The van der Waals surface area contributed by atoms with Gasteiger partial charge in [0.15, 0.2) is 0 Å². The quantitative estimate of drug-likeness (QED) is 0.564. The molecular weight excluding hydrogens is 220 g/mol. The summed E-state index contributed by atoms with van der Waals surface area (Å²) in [6.07, 6.45) is 0. The average Bonchev–Trinajstić information content (AvgIpc) is 2.35. The smallest absolute Gasteiger partial charge is 0.270 e. The number of nitrogens with zero attached hydrogens (tertiary/aromatic N) is 2. The Balaban J connectivity index is 3.01. The van der Waals surface area contributed by atoms with Crippen molar-refractivity contribution in [2.24, 2.45) is 0 Å². The van der Waals surface area contributed by atoms with E-state index in [0.717, 1.165) is 18.7 Å². The third-order valence-electron chi connectivity index (χ3n) is 2.76. The van der Waals surface area contributed by atoms with E-state index < -0.39 is 0 Å². The minimum Gasteiger partial charge on any atom is -0.496 e. The van der Waals surface area contributed by atoms with E-state index in [-0.39, 0.29) is 10.6 Å². The summed E-state index contributed by atoms with van der Waals surface area (Å²) in [5.41, 5.74) is 0.957. The van der Waals surface area contributed by atoms with Gasteiger partial charge in [0.2, 0.25) is 0 Å². The average molecular weight is 238 g/mol. The summed E-state index contributed by atoms with van der Waals surface area (Å²) in [5, 5.41) is 10.7. The minimum atomic E-state index is -0.384. The standard InChI is InChI=1S/C12H18N2O3/c1-4-13(5-2)9-10-8-11(14(15)16)6-7-12(10)17-3/h6-8H,4-5,9H2,1-3H3. The normalized spacial score (nSPS) is 10.6. The van der Waals surface area contributed by atoms with E-state index in [4.69, 9.17) is 4.74 Å². The Labute approximate surface area is 101 Å². The molecule has 0 aromatic heterocycles. The molecule has 1 rings (SSSR count). The summed E-state index contributed by atoms with van der Waals surface area (Å²) in [5.74, 6) is 0.697. The number of rotatable bonds is 6. The molecule has 0 bridgehead atoms. The molecule has 1 aromatic carbocycles. The molecule has 0 aliphatic heterocycles. The molecule has 17 heavy (non-hydrogen) atoms. The molecule has 5 heteroatoms. The second-order valence-corrected chi connectivity index (χ2v) is 3.71. The zero-order valence-corrected chi connectivity index (χ0v) is 10.5. The van der Waals surface area contributed by atoms with Gasteiger partial charge in [-0.2, -0.15) is 0 Å². The highest BCUT2D eigenvalue weighted by molar-refractivity contribution is 5.43. The first-order valence-electron chi connectivity index (χ1n) is 5.66. The fourth-order valence-electron chi connectivity index (χ4n) is 1.69. The second kappa shape index (κ2) is 6.20. The molecule has 0 fully saturated rings. The predicted molar refractivity (Wildman–Crippen MR) is 66.3 cm³/mol. The van der Waals surface area contributed by atoms with Crippen LogP contribution in [0.15, 0.2) is 18.2 Å². The topological polar surface area (TPSA) is 55.6 Å². The number of non-ortho nitro benzene ring substituents is 1. The Bertz CT molecular complexity index is 389. The molecule has 0 saturated carbocycles. The van der Waals surface area contributed by atoms with E-state index in [1.165, 1.54) is 6.07 Å². The van der Waals surface area contributed by atoms with Gasteiger partial charge in [0.05, 0.1) is 12.0 Å². The van der Waals surface area contributed by atoms with Gasteiger partial charge < -0.3 is 4.74 Å². The van der Waals surface area contributed by atoms with Crippen LogP contribution in [-0.2, 0) is 6.54 Å². The van der Waals surface area contributed by atoms with Crippen LogP contribution < -0.4 is 4.74 Å². The Morgan fingerprint density at radius 1 is 1.35 bits per heavy atom. The molecule has 0 N–H and O–H groups in total. The minimum absolute atomic E-state index is 0.105. The Kier molecular flexibility index (Phi) is 4.90. The van der Waals surface area contributed by atoms with Gasteiger partial charge in [0.25, 0.3) is 5.69 Å². The van der Waals surface area contributed by atoms with E-state index in [0.29, 0.717) is 12.3 Å². The molecule has 0 spiro atoms. The van der Waals surface area contributed by atoms with Crippen LogP contribution in [0.1, 0.15) is 19.4 Å². The zero-order valence-electron chi connectivity index (χ0n) is 10.5. The number of methoxy groups -OCH3 is 1. The molecule has 0 heterocycles.